The van der Waals surface area contributed by atoms with Gasteiger partial charge in [0.15, 0.2) is 0 Å². The van der Waals surface area contributed by atoms with Gasteiger partial charge in [-0.05, 0) is 40.9 Å². The molecule has 1 aromatic carbocycles. The largest absolute Gasteiger partial charge is 0.388 e. The van der Waals surface area contributed by atoms with Crippen molar-refractivity contribution in [3.05, 3.63) is 28.7 Å². The Hall–Kier alpha value is -1.07. The zero-order valence-electron chi connectivity index (χ0n) is 10.8. The van der Waals surface area contributed by atoms with E-state index in [9.17, 15) is 9.90 Å². The Morgan fingerprint density at radius 2 is 1.95 bits per heavy atom. The highest BCUT2D eigenvalue weighted by atomic mass is 79.9. The summed E-state index contributed by atoms with van der Waals surface area (Å²) in [6.45, 7) is 0.309. The molecule has 0 atom stereocenters. The van der Waals surface area contributed by atoms with Crippen molar-refractivity contribution >= 4 is 27.6 Å². The Labute approximate surface area is 121 Å². The Morgan fingerprint density at radius 3 is 2.63 bits per heavy atom. The van der Waals surface area contributed by atoms with Gasteiger partial charge in [-0.1, -0.05) is 31.4 Å². The van der Waals surface area contributed by atoms with Crippen molar-refractivity contribution in [1.82, 2.24) is 5.32 Å². The maximum Gasteiger partial charge on any atom is 0.319 e. The molecule has 0 radical (unpaired) electrons. The van der Waals surface area contributed by atoms with E-state index in [0.29, 0.717) is 6.54 Å². The number of aliphatic hydroxyl groups is 1. The highest BCUT2D eigenvalue weighted by Gasteiger charge is 2.29. The van der Waals surface area contributed by atoms with Gasteiger partial charge in [-0.15, -0.1) is 0 Å². The van der Waals surface area contributed by atoms with Crippen LogP contribution in [0.4, 0.5) is 10.5 Å². The highest BCUT2D eigenvalue weighted by molar-refractivity contribution is 9.10. The van der Waals surface area contributed by atoms with Gasteiger partial charge in [0.05, 0.1) is 11.3 Å². The van der Waals surface area contributed by atoms with Crippen LogP contribution in [0.5, 0.6) is 0 Å². The highest BCUT2D eigenvalue weighted by Crippen LogP contribution is 2.27. The number of urea groups is 1. The number of rotatable bonds is 3. The van der Waals surface area contributed by atoms with E-state index in [4.69, 9.17) is 0 Å². The Kier molecular flexibility index (Phi) is 4.82. The van der Waals surface area contributed by atoms with Gasteiger partial charge in [0.1, 0.15) is 0 Å². The number of anilines is 1. The summed E-state index contributed by atoms with van der Waals surface area (Å²) in [5.41, 5.74) is -0.0144. The lowest BCUT2D eigenvalue weighted by molar-refractivity contribution is 0.00755. The molecule has 1 aromatic rings. The molecule has 5 heteroatoms. The van der Waals surface area contributed by atoms with Crippen LogP contribution in [-0.4, -0.2) is 23.3 Å². The standard InChI is InChI=1S/C14H19BrN2O2/c15-11-6-2-3-7-12(11)17-13(18)16-10-14(19)8-4-1-5-9-14/h2-3,6-7,19H,1,4-5,8-10H2,(H2,16,17,18). The number of hydrogen-bond acceptors (Lipinski definition) is 2. The topological polar surface area (TPSA) is 61.4 Å². The average Bonchev–Trinajstić information content (AvgIpc) is 2.40. The number of para-hydroxylation sites is 1. The number of nitrogens with one attached hydrogen (secondary N) is 2. The van der Waals surface area contributed by atoms with Crippen molar-refractivity contribution in [2.45, 2.75) is 37.7 Å². The van der Waals surface area contributed by atoms with Crippen LogP contribution in [-0.2, 0) is 0 Å². The molecular formula is C14H19BrN2O2. The van der Waals surface area contributed by atoms with E-state index in [-0.39, 0.29) is 6.03 Å². The molecule has 1 aliphatic rings. The molecule has 0 bridgehead atoms. The van der Waals surface area contributed by atoms with E-state index < -0.39 is 5.60 Å². The van der Waals surface area contributed by atoms with Crippen molar-refractivity contribution < 1.29 is 9.90 Å². The van der Waals surface area contributed by atoms with Gasteiger partial charge in [-0.25, -0.2) is 4.79 Å². The molecule has 19 heavy (non-hydrogen) atoms. The first-order chi connectivity index (χ1) is 9.09. The predicted octanol–water partition coefficient (Wildman–Crippen LogP) is 3.27. The van der Waals surface area contributed by atoms with Gasteiger partial charge < -0.3 is 15.7 Å². The van der Waals surface area contributed by atoms with Crippen LogP contribution >= 0.6 is 15.9 Å². The van der Waals surface area contributed by atoms with Crippen LogP contribution in [0, 0.1) is 0 Å². The average molecular weight is 327 g/mol. The van der Waals surface area contributed by atoms with E-state index in [0.717, 1.165) is 35.8 Å². The van der Waals surface area contributed by atoms with Gasteiger partial charge in [0, 0.05) is 11.0 Å². The number of halogens is 1. The zero-order chi connectivity index (χ0) is 13.7. The van der Waals surface area contributed by atoms with Crippen LogP contribution in [0.15, 0.2) is 28.7 Å². The summed E-state index contributed by atoms with van der Waals surface area (Å²) in [6, 6.07) is 7.14. The minimum absolute atomic E-state index is 0.286. The van der Waals surface area contributed by atoms with Crippen LogP contribution < -0.4 is 10.6 Å². The van der Waals surface area contributed by atoms with Gasteiger partial charge in [0.25, 0.3) is 0 Å². The molecule has 0 saturated heterocycles. The van der Waals surface area contributed by atoms with E-state index >= 15 is 0 Å². The number of amides is 2. The summed E-state index contributed by atoms with van der Waals surface area (Å²) in [7, 11) is 0. The fourth-order valence-corrected chi connectivity index (χ4v) is 2.74. The smallest absolute Gasteiger partial charge is 0.319 e. The molecule has 0 unspecified atom stereocenters. The molecule has 1 saturated carbocycles. The SMILES string of the molecule is O=C(NCC1(O)CCCCC1)Nc1ccccc1Br. The summed E-state index contributed by atoms with van der Waals surface area (Å²) < 4.78 is 0.835. The van der Waals surface area contributed by atoms with Crippen molar-refractivity contribution in [3.63, 3.8) is 0 Å². The van der Waals surface area contributed by atoms with Crippen LogP contribution in [0.25, 0.3) is 0 Å². The number of benzene rings is 1. The van der Waals surface area contributed by atoms with E-state index in [1.54, 1.807) is 0 Å². The van der Waals surface area contributed by atoms with Gasteiger partial charge in [0.2, 0.25) is 0 Å². The lowest BCUT2D eigenvalue weighted by Crippen LogP contribution is -2.45. The molecule has 1 aliphatic carbocycles. The minimum atomic E-state index is -0.733. The second-order valence-corrected chi connectivity index (χ2v) is 5.93. The second-order valence-electron chi connectivity index (χ2n) is 5.07. The van der Waals surface area contributed by atoms with Gasteiger partial charge in [-0.2, -0.15) is 0 Å². The third-order valence-electron chi connectivity index (χ3n) is 3.48. The molecule has 104 valence electrons. The molecule has 1 fully saturated rings. The zero-order valence-corrected chi connectivity index (χ0v) is 12.4. The third kappa shape index (κ3) is 4.21. The number of carbonyl (C=O) groups is 1. The summed E-state index contributed by atoms with van der Waals surface area (Å²) >= 11 is 3.37. The second kappa shape index (κ2) is 6.39. The molecule has 0 aliphatic heterocycles. The van der Waals surface area contributed by atoms with E-state index in [1.807, 2.05) is 24.3 Å². The first-order valence-electron chi connectivity index (χ1n) is 6.61. The molecule has 4 nitrogen and oxygen atoms in total. The normalized spacial score (nSPS) is 17.8. The van der Waals surface area contributed by atoms with Gasteiger partial charge in [-0.3, -0.25) is 0 Å². The fourth-order valence-electron chi connectivity index (χ4n) is 2.36. The summed E-state index contributed by atoms with van der Waals surface area (Å²) in [5.74, 6) is 0. The van der Waals surface area contributed by atoms with Crippen LogP contribution in [0.2, 0.25) is 0 Å². The van der Waals surface area contributed by atoms with Gasteiger partial charge >= 0.3 is 6.03 Å². The first-order valence-corrected chi connectivity index (χ1v) is 7.40. The Bertz CT molecular complexity index is 445. The fraction of sp³-hybridized carbons (Fsp3) is 0.500. The van der Waals surface area contributed by atoms with Crippen molar-refractivity contribution in [1.29, 1.82) is 0 Å². The Morgan fingerprint density at radius 1 is 1.26 bits per heavy atom. The predicted molar refractivity (Wildman–Crippen MR) is 79.2 cm³/mol. The maximum absolute atomic E-state index is 11.8. The molecule has 0 aromatic heterocycles. The molecular weight excluding hydrogens is 308 g/mol. The number of carbonyl (C=O) groups excluding carboxylic acids is 1. The maximum atomic E-state index is 11.8. The van der Waals surface area contributed by atoms with Crippen LogP contribution in [0.3, 0.4) is 0 Å². The summed E-state index contributed by atoms with van der Waals surface area (Å²) in [5, 5.41) is 15.8. The quantitative estimate of drug-likeness (QED) is 0.798. The van der Waals surface area contributed by atoms with Crippen molar-refractivity contribution in [2.75, 3.05) is 11.9 Å². The van der Waals surface area contributed by atoms with Crippen molar-refractivity contribution in [2.24, 2.45) is 0 Å². The number of hydrogen-bond donors (Lipinski definition) is 3. The lowest BCUT2D eigenvalue weighted by Gasteiger charge is -2.32. The molecule has 0 heterocycles. The summed E-state index contributed by atoms with van der Waals surface area (Å²) in [4.78, 5) is 11.8. The van der Waals surface area contributed by atoms with Crippen LogP contribution in [0.1, 0.15) is 32.1 Å². The minimum Gasteiger partial charge on any atom is -0.388 e. The van der Waals surface area contributed by atoms with E-state index in [1.165, 1.54) is 6.42 Å². The summed E-state index contributed by atoms with van der Waals surface area (Å²) in [6.07, 6.45) is 4.77. The van der Waals surface area contributed by atoms with Crippen molar-refractivity contribution in [3.8, 4) is 0 Å². The first kappa shape index (κ1) is 14.3. The Balaban J connectivity index is 1.83. The molecule has 3 N–H and O–H groups in total. The molecule has 0 spiro atoms. The molecule has 2 rings (SSSR count). The monoisotopic (exact) mass is 326 g/mol. The molecule has 2 amide bonds. The van der Waals surface area contributed by atoms with E-state index in [2.05, 4.69) is 26.6 Å². The lowest BCUT2D eigenvalue weighted by atomic mass is 9.85. The third-order valence-corrected chi connectivity index (χ3v) is 4.18.